The van der Waals surface area contributed by atoms with Crippen molar-refractivity contribution in [3.8, 4) is 23.3 Å². The van der Waals surface area contributed by atoms with E-state index in [0.717, 1.165) is 16.3 Å². The SMILES string of the molecule is COc1ccccc1NC(=O)/C(C#N)=C/c1cc(Br)c(OCc2cccc3ccccc23)c(OC)c1. The van der Waals surface area contributed by atoms with Gasteiger partial charge in [-0.15, -0.1) is 0 Å². The maximum absolute atomic E-state index is 12.8. The van der Waals surface area contributed by atoms with Crippen LogP contribution in [0.3, 0.4) is 0 Å². The summed E-state index contributed by atoms with van der Waals surface area (Å²) in [5, 5.41) is 14.6. The van der Waals surface area contributed by atoms with Gasteiger partial charge in [0, 0.05) is 0 Å². The molecule has 36 heavy (non-hydrogen) atoms. The Labute approximate surface area is 217 Å². The van der Waals surface area contributed by atoms with E-state index in [0.29, 0.717) is 39.6 Å². The Kier molecular flexibility index (Phi) is 7.89. The summed E-state index contributed by atoms with van der Waals surface area (Å²) in [6.45, 7) is 0.344. The number of benzene rings is 4. The van der Waals surface area contributed by atoms with E-state index in [1.54, 1.807) is 43.5 Å². The number of hydrogen-bond acceptors (Lipinski definition) is 5. The second-order valence-corrected chi connectivity index (χ2v) is 8.64. The molecule has 0 fully saturated rings. The molecule has 0 aliphatic rings. The van der Waals surface area contributed by atoms with Crippen LogP contribution in [0.15, 0.2) is 88.9 Å². The summed E-state index contributed by atoms with van der Waals surface area (Å²) in [6, 6.07) is 26.7. The van der Waals surface area contributed by atoms with Gasteiger partial charge in [0.2, 0.25) is 0 Å². The van der Waals surface area contributed by atoms with Crippen molar-refractivity contribution in [2.75, 3.05) is 19.5 Å². The molecule has 6 nitrogen and oxygen atoms in total. The maximum Gasteiger partial charge on any atom is 0.266 e. The molecule has 0 aromatic heterocycles. The lowest BCUT2D eigenvalue weighted by molar-refractivity contribution is -0.112. The number of carbonyl (C=O) groups excluding carboxylic acids is 1. The third kappa shape index (κ3) is 5.51. The largest absolute Gasteiger partial charge is 0.495 e. The number of ether oxygens (including phenoxy) is 3. The topological polar surface area (TPSA) is 80.6 Å². The van der Waals surface area contributed by atoms with E-state index >= 15 is 0 Å². The van der Waals surface area contributed by atoms with Crippen LogP contribution >= 0.6 is 15.9 Å². The second kappa shape index (κ2) is 11.4. The molecule has 0 radical (unpaired) electrons. The number of rotatable bonds is 8. The molecular formula is C29H23BrN2O4. The Balaban J connectivity index is 1.57. The molecule has 0 bridgehead atoms. The second-order valence-electron chi connectivity index (χ2n) is 7.79. The number of fused-ring (bicyclic) bond motifs is 1. The highest BCUT2D eigenvalue weighted by atomic mass is 79.9. The highest BCUT2D eigenvalue weighted by molar-refractivity contribution is 9.10. The lowest BCUT2D eigenvalue weighted by atomic mass is 10.1. The predicted molar refractivity (Wildman–Crippen MR) is 144 cm³/mol. The van der Waals surface area contributed by atoms with Crippen molar-refractivity contribution in [1.29, 1.82) is 5.26 Å². The number of carbonyl (C=O) groups is 1. The predicted octanol–water partition coefficient (Wildman–Crippen LogP) is 6.74. The van der Waals surface area contributed by atoms with Crippen molar-refractivity contribution in [1.82, 2.24) is 0 Å². The first-order chi connectivity index (χ1) is 17.5. The summed E-state index contributed by atoms with van der Waals surface area (Å²) >= 11 is 3.55. The zero-order valence-electron chi connectivity index (χ0n) is 19.7. The van der Waals surface area contributed by atoms with Gasteiger partial charge in [-0.25, -0.2) is 0 Å². The normalized spacial score (nSPS) is 11.0. The fourth-order valence-corrected chi connectivity index (χ4v) is 4.36. The molecule has 4 rings (SSSR count). The number of nitriles is 1. The minimum absolute atomic E-state index is 0.0701. The number of para-hydroxylation sites is 2. The number of nitrogens with one attached hydrogen (secondary N) is 1. The smallest absolute Gasteiger partial charge is 0.266 e. The molecular weight excluding hydrogens is 520 g/mol. The fraction of sp³-hybridized carbons (Fsp3) is 0.103. The standard InChI is InChI=1S/C29H23BrN2O4/c1-34-26-13-6-5-12-25(26)32-29(33)22(17-31)14-19-15-24(30)28(27(16-19)35-2)36-18-21-10-7-9-20-8-3-4-11-23(20)21/h3-16H,18H2,1-2H3,(H,32,33)/b22-14+. The van der Waals surface area contributed by atoms with Gasteiger partial charge in [0.15, 0.2) is 11.5 Å². The number of anilines is 1. The maximum atomic E-state index is 12.8. The number of hydrogen-bond donors (Lipinski definition) is 1. The molecule has 7 heteroatoms. The summed E-state index contributed by atoms with van der Waals surface area (Å²) in [5.41, 5.74) is 2.05. The van der Waals surface area contributed by atoms with Crippen molar-refractivity contribution in [2.24, 2.45) is 0 Å². The van der Waals surface area contributed by atoms with E-state index in [1.807, 2.05) is 30.3 Å². The van der Waals surface area contributed by atoms with Crippen LogP contribution in [0, 0.1) is 11.3 Å². The van der Waals surface area contributed by atoms with E-state index in [2.05, 4.69) is 39.4 Å². The minimum Gasteiger partial charge on any atom is -0.495 e. The Morgan fingerprint density at radius 1 is 0.972 bits per heavy atom. The Morgan fingerprint density at radius 3 is 2.47 bits per heavy atom. The van der Waals surface area contributed by atoms with Gasteiger partial charge < -0.3 is 19.5 Å². The van der Waals surface area contributed by atoms with E-state index in [1.165, 1.54) is 13.2 Å². The molecule has 0 saturated carbocycles. The Hall–Kier alpha value is -4.28. The van der Waals surface area contributed by atoms with Crippen LogP contribution < -0.4 is 19.5 Å². The van der Waals surface area contributed by atoms with E-state index in [4.69, 9.17) is 14.2 Å². The average Bonchev–Trinajstić information content (AvgIpc) is 2.91. The lowest BCUT2D eigenvalue weighted by Gasteiger charge is -2.15. The molecule has 0 heterocycles. The molecule has 0 aliphatic heterocycles. The van der Waals surface area contributed by atoms with Crippen LogP contribution in [0.5, 0.6) is 17.2 Å². The van der Waals surface area contributed by atoms with Crippen LogP contribution in [0.25, 0.3) is 16.8 Å². The summed E-state index contributed by atoms with van der Waals surface area (Å²) in [5.74, 6) is 0.950. The zero-order valence-corrected chi connectivity index (χ0v) is 21.3. The summed E-state index contributed by atoms with van der Waals surface area (Å²) in [7, 11) is 3.05. The van der Waals surface area contributed by atoms with Crippen LogP contribution in [0.1, 0.15) is 11.1 Å². The van der Waals surface area contributed by atoms with Crippen molar-refractivity contribution >= 4 is 44.4 Å². The van der Waals surface area contributed by atoms with Crippen LogP contribution in [0.2, 0.25) is 0 Å². The van der Waals surface area contributed by atoms with Crippen LogP contribution in [0.4, 0.5) is 5.69 Å². The summed E-state index contributed by atoms with van der Waals surface area (Å²) in [4.78, 5) is 12.8. The highest BCUT2D eigenvalue weighted by Gasteiger charge is 2.16. The number of halogens is 1. The van der Waals surface area contributed by atoms with Crippen LogP contribution in [-0.4, -0.2) is 20.1 Å². The van der Waals surface area contributed by atoms with Crippen molar-refractivity contribution in [3.05, 3.63) is 100 Å². The Morgan fingerprint density at radius 2 is 1.69 bits per heavy atom. The third-order valence-corrected chi connectivity index (χ3v) is 6.12. The van der Waals surface area contributed by atoms with Crippen molar-refractivity contribution in [2.45, 2.75) is 6.61 Å². The monoisotopic (exact) mass is 542 g/mol. The van der Waals surface area contributed by atoms with Gasteiger partial charge in [0.25, 0.3) is 5.91 Å². The first-order valence-corrected chi connectivity index (χ1v) is 11.9. The average molecular weight is 543 g/mol. The first-order valence-electron chi connectivity index (χ1n) is 11.1. The van der Waals surface area contributed by atoms with Crippen molar-refractivity contribution < 1.29 is 19.0 Å². The van der Waals surface area contributed by atoms with Gasteiger partial charge in [0.1, 0.15) is 24.0 Å². The molecule has 0 atom stereocenters. The van der Waals surface area contributed by atoms with Crippen LogP contribution in [-0.2, 0) is 11.4 Å². The molecule has 0 aliphatic carbocycles. The number of amides is 1. The van der Waals surface area contributed by atoms with Crippen molar-refractivity contribution in [3.63, 3.8) is 0 Å². The molecule has 180 valence electrons. The summed E-state index contributed by atoms with van der Waals surface area (Å²) < 4.78 is 17.6. The molecule has 4 aromatic carbocycles. The van der Waals surface area contributed by atoms with E-state index < -0.39 is 5.91 Å². The number of methoxy groups -OCH3 is 2. The Bertz CT molecular complexity index is 1490. The van der Waals surface area contributed by atoms with Gasteiger partial charge in [-0.2, -0.15) is 5.26 Å². The number of nitrogens with zero attached hydrogens (tertiary/aromatic N) is 1. The van der Waals surface area contributed by atoms with Gasteiger partial charge in [-0.05, 0) is 68.2 Å². The third-order valence-electron chi connectivity index (χ3n) is 5.53. The van der Waals surface area contributed by atoms with Gasteiger partial charge in [-0.3, -0.25) is 4.79 Å². The minimum atomic E-state index is -0.548. The quantitative estimate of drug-likeness (QED) is 0.197. The molecule has 0 saturated heterocycles. The van der Waals surface area contributed by atoms with Gasteiger partial charge >= 0.3 is 0 Å². The van der Waals surface area contributed by atoms with E-state index in [-0.39, 0.29) is 5.57 Å². The summed E-state index contributed by atoms with van der Waals surface area (Å²) in [6.07, 6.45) is 1.49. The lowest BCUT2D eigenvalue weighted by Crippen LogP contribution is -2.14. The zero-order chi connectivity index (χ0) is 25.5. The van der Waals surface area contributed by atoms with Gasteiger partial charge in [0.05, 0.1) is 24.4 Å². The first kappa shape index (κ1) is 24.8. The fourth-order valence-electron chi connectivity index (χ4n) is 3.78. The highest BCUT2D eigenvalue weighted by Crippen LogP contribution is 2.38. The molecule has 1 amide bonds. The molecule has 4 aromatic rings. The molecule has 0 spiro atoms. The molecule has 1 N–H and O–H groups in total. The molecule has 0 unspecified atom stereocenters. The van der Waals surface area contributed by atoms with Gasteiger partial charge in [-0.1, -0.05) is 54.6 Å². The van der Waals surface area contributed by atoms with E-state index in [9.17, 15) is 10.1 Å².